The molecule has 5 nitrogen and oxygen atoms in total. The Balaban J connectivity index is 2.02. The van der Waals surface area contributed by atoms with Gasteiger partial charge in [-0.3, -0.25) is 4.79 Å². The lowest BCUT2D eigenvalue weighted by Crippen LogP contribution is -2.15. The van der Waals surface area contributed by atoms with Crippen molar-refractivity contribution < 1.29 is 10.0 Å². The van der Waals surface area contributed by atoms with Crippen LogP contribution in [0.5, 0.6) is 0 Å². The molecule has 0 saturated carbocycles. The van der Waals surface area contributed by atoms with E-state index >= 15 is 0 Å². The van der Waals surface area contributed by atoms with E-state index in [0.29, 0.717) is 23.0 Å². The zero-order valence-electron chi connectivity index (χ0n) is 11.3. The maximum atomic E-state index is 12.0. The molecular weight excluding hydrogens is 274 g/mol. The van der Waals surface area contributed by atoms with E-state index in [1.807, 2.05) is 31.2 Å². The van der Waals surface area contributed by atoms with Crippen LogP contribution in [-0.4, -0.2) is 21.8 Å². The quantitative estimate of drug-likeness (QED) is 0.516. The van der Waals surface area contributed by atoms with Crippen molar-refractivity contribution in [2.75, 3.05) is 5.32 Å². The number of oxime groups is 1. The Labute approximate surface area is 121 Å². The van der Waals surface area contributed by atoms with Crippen molar-refractivity contribution in [2.24, 2.45) is 5.16 Å². The molecule has 2 rings (SSSR count). The van der Waals surface area contributed by atoms with Crippen LogP contribution in [0.3, 0.4) is 0 Å². The van der Waals surface area contributed by atoms with Gasteiger partial charge in [0.25, 0.3) is 0 Å². The summed E-state index contributed by atoms with van der Waals surface area (Å²) in [6.45, 7) is 3.62. The SMILES string of the molecule is CC(=NO)c1csc(NC(=O)Cc2ccccc2C)n1. The number of aromatic nitrogens is 1. The van der Waals surface area contributed by atoms with E-state index in [1.165, 1.54) is 11.3 Å². The van der Waals surface area contributed by atoms with Crippen LogP contribution in [0.1, 0.15) is 23.7 Å². The third kappa shape index (κ3) is 3.42. The van der Waals surface area contributed by atoms with Crippen molar-refractivity contribution in [3.63, 3.8) is 0 Å². The van der Waals surface area contributed by atoms with Crippen molar-refractivity contribution in [3.05, 3.63) is 46.5 Å². The number of carbonyl (C=O) groups is 1. The lowest BCUT2D eigenvalue weighted by Gasteiger charge is -2.04. The molecule has 6 heteroatoms. The minimum atomic E-state index is -0.112. The van der Waals surface area contributed by atoms with Crippen molar-refractivity contribution in [1.82, 2.24) is 4.98 Å². The Morgan fingerprint density at radius 2 is 2.20 bits per heavy atom. The number of hydrogen-bond acceptors (Lipinski definition) is 5. The Kier molecular flexibility index (Phi) is 4.47. The van der Waals surface area contributed by atoms with Gasteiger partial charge in [0.05, 0.1) is 6.42 Å². The summed E-state index contributed by atoms with van der Waals surface area (Å²) in [6, 6.07) is 7.77. The summed E-state index contributed by atoms with van der Waals surface area (Å²) in [5, 5.41) is 16.7. The van der Waals surface area contributed by atoms with Gasteiger partial charge in [0.1, 0.15) is 11.4 Å². The fourth-order valence-electron chi connectivity index (χ4n) is 1.69. The molecule has 1 amide bonds. The molecule has 2 aromatic rings. The largest absolute Gasteiger partial charge is 0.411 e. The molecule has 0 saturated heterocycles. The van der Waals surface area contributed by atoms with Crippen LogP contribution in [-0.2, 0) is 11.2 Å². The number of nitrogens with zero attached hydrogens (tertiary/aromatic N) is 2. The summed E-state index contributed by atoms with van der Waals surface area (Å²) in [6.07, 6.45) is 0.314. The minimum Gasteiger partial charge on any atom is -0.411 e. The molecule has 0 fully saturated rings. The number of hydrogen-bond donors (Lipinski definition) is 2. The molecule has 20 heavy (non-hydrogen) atoms. The van der Waals surface area contributed by atoms with Gasteiger partial charge >= 0.3 is 0 Å². The molecule has 0 unspecified atom stereocenters. The molecule has 0 bridgehead atoms. The van der Waals surface area contributed by atoms with Gasteiger partial charge in [0.2, 0.25) is 5.91 Å². The van der Waals surface area contributed by atoms with Crippen LogP contribution >= 0.6 is 11.3 Å². The van der Waals surface area contributed by atoms with Gasteiger partial charge in [0.15, 0.2) is 5.13 Å². The van der Waals surface area contributed by atoms with E-state index in [-0.39, 0.29) is 5.91 Å². The van der Waals surface area contributed by atoms with Gasteiger partial charge in [0, 0.05) is 5.38 Å². The van der Waals surface area contributed by atoms with Gasteiger partial charge in [-0.05, 0) is 25.0 Å². The standard InChI is InChI=1S/C14H15N3O2S/c1-9-5-3-4-6-11(9)7-13(18)16-14-15-12(8-20-14)10(2)17-19/h3-6,8,19H,7H2,1-2H3,(H,15,16,18). The predicted molar refractivity (Wildman–Crippen MR) is 79.6 cm³/mol. The maximum absolute atomic E-state index is 12.0. The molecule has 0 spiro atoms. The summed E-state index contributed by atoms with van der Waals surface area (Å²) in [7, 11) is 0. The zero-order chi connectivity index (χ0) is 14.5. The van der Waals surface area contributed by atoms with Crippen molar-refractivity contribution >= 4 is 28.1 Å². The first-order chi connectivity index (χ1) is 9.60. The van der Waals surface area contributed by atoms with E-state index in [4.69, 9.17) is 5.21 Å². The number of carbonyl (C=O) groups excluding carboxylic acids is 1. The molecule has 0 aliphatic heterocycles. The number of benzene rings is 1. The summed E-state index contributed by atoms with van der Waals surface area (Å²) < 4.78 is 0. The summed E-state index contributed by atoms with van der Waals surface area (Å²) >= 11 is 1.30. The Bertz CT molecular complexity index is 649. The second kappa shape index (κ2) is 6.29. The van der Waals surface area contributed by atoms with Crippen LogP contribution in [0.15, 0.2) is 34.8 Å². The molecular formula is C14H15N3O2S. The molecule has 1 aromatic carbocycles. The first-order valence-corrected chi connectivity index (χ1v) is 6.97. The normalized spacial score (nSPS) is 11.4. The lowest BCUT2D eigenvalue weighted by atomic mass is 10.1. The molecule has 0 radical (unpaired) electrons. The van der Waals surface area contributed by atoms with Crippen molar-refractivity contribution in [2.45, 2.75) is 20.3 Å². The van der Waals surface area contributed by atoms with E-state index in [2.05, 4.69) is 15.5 Å². The number of nitrogens with one attached hydrogen (secondary N) is 1. The Morgan fingerprint density at radius 3 is 2.90 bits per heavy atom. The van der Waals surface area contributed by atoms with E-state index in [0.717, 1.165) is 11.1 Å². The predicted octanol–water partition coefficient (Wildman–Crippen LogP) is 2.83. The van der Waals surface area contributed by atoms with E-state index < -0.39 is 0 Å². The van der Waals surface area contributed by atoms with E-state index in [1.54, 1.807) is 12.3 Å². The topological polar surface area (TPSA) is 74.6 Å². The summed E-state index contributed by atoms with van der Waals surface area (Å²) in [4.78, 5) is 16.1. The number of anilines is 1. The Morgan fingerprint density at radius 1 is 1.45 bits per heavy atom. The number of rotatable bonds is 4. The molecule has 0 aliphatic rings. The average molecular weight is 289 g/mol. The smallest absolute Gasteiger partial charge is 0.230 e. The first kappa shape index (κ1) is 14.2. The second-order valence-corrected chi connectivity index (χ2v) is 5.23. The van der Waals surface area contributed by atoms with Gasteiger partial charge in [-0.2, -0.15) is 0 Å². The number of amides is 1. The lowest BCUT2D eigenvalue weighted by molar-refractivity contribution is -0.115. The maximum Gasteiger partial charge on any atom is 0.230 e. The van der Waals surface area contributed by atoms with Crippen LogP contribution in [0.2, 0.25) is 0 Å². The highest BCUT2D eigenvalue weighted by molar-refractivity contribution is 7.14. The van der Waals surface area contributed by atoms with Gasteiger partial charge in [-0.1, -0.05) is 29.4 Å². The van der Waals surface area contributed by atoms with Crippen LogP contribution in [0.25, 0.3) is 0 Å². The fraction of sp³-hybridized carbons (Fsp3) is 0.214. The van der Waals surface area contributed by atoms with Crippen LogP contribution < -0.4 is 5.32 Å². The third-order valence-electron chi connectivity index (χ3n) is 2.88. The highest BCUT2D eigenvalue weighted by Crippen LogP contribution is 2.17. The molecule has 1 aromatic heterocycles. The fourth-order valence-corrected chi connectivity index (χ4v) is 2.46. The Hall–Kier alpha value is -2.21. The molecule has 2 N–H and O–H groups in total. The van der Waals surface area contributed by atoms with Gasteiger partial charge in [-0.25, -0.2) is 4.98 Å². The highest BCUT2D eigenvalue weighted by Gasteiger charge is 2.10. The van der Waals surface area contributed by atoms with Crippen LogP contribution in [0, 0.1) is 6.92 Å². The molecule has 0 aliphatic carbocycles. The van der Waals surface area contributed by atoms with Crippen LogP contribution in [0.4, 0.5) is 5.13 Å². The number of aryl methyl sites for hydroxylation is 1. The molecule has 1 heterocycles. The average Bonchev–Trinajstić information content (AvgIpc) is 2.89. The van der Waals surface area contributed by atoms with Crippen molar-refractivity contribution in [1.29, 1.82) is 0 Å². The minimum absolute atomic E-state index is 0.112. The monoisotopic (exact) mass is 289 g/mol. The van der Waals surface area contributed by atoms with Gasteiger partial charge < -0.3 is 10.5 Å². The number of thiazole rings is 1. The first-order valence-electron chi connectivity index (χ1n) is 6.09. The zero-order valence-corrected chi connectivity index (χ0v) is 12.1. The van der Waals surface area contributed by atoms with E-state index in [9.17, 15) is 4.79 Å². The van der Waals surface area contributed by atoms with Gasteiger partial charge in [-0.15, -0.1) is 11.3 Å². The highest BCUT2D eigenvalue weighted by atomic mass is 32.1. The third-order valence-corrected chi connectivity index (χ3v) is 3.64. The summed E-state index contributed by atoms with van der Waals surface area (Å²) in [5.74, 6) is -0.112. The molecule has 0 atom stereocenters. The summed E-state index contributed by atoms with van der Waals surface area (Å²) in [5.41, 5.74) is 3.06. The molecule has 104 valence electrons. The second-order valence-electron chi connectivity index (χ2n) is 4.37. The van der Waals surface area contributed by atoms with Crippen molar-refractivity contribution in [3.8, 4) is 0 Å².